The topological polar surface area (TPSA) is 6.48 Å². The molecule has 242 valence electrons. The smallest absolute Gasteiger partial charge is 0.364 e. The zero-order valence-electron chi connectivity index (χ0n) is 27.1. The molecule has 2 nitrogen and oxygen atoms in total. The second-order valence-electron chi connectivity index (χ2n) is 14.3. The van der Waals surface area contributed by atoms with Gasteiger partial charge in [0.1, 0.15) is 0 Å². The molecule has 1 atom stereocenters. The highest BCUT2D eigenvalue weighted by Crippen LogP contribution is 2.50. The summed E-state index contributed by atoms with van der Waals surface area (Å²) in [6.45, 7) is 18.1. The van der Waals surface area contributed by atoms with Crippen molar-refractivity contribution in [2.75, 3.05) is 22.9 Å². The van der Waals surface area contributed by atoms with Gasteiger partial charge in [-0.2, -0.15) is 26.3 Å². The van der Waals surface area contributed by atoms with Gasteiger partial charge >= 0.3 is 12.4 Å². The lowest BCUT2D eigenvalue weighted by atomic mass is 9.79. The van der Waals surface area contributed by atoms with Crippen molar-refractivity contribution in [3.8, 4) is 0 Å². The molecule has 0 saturated carbocycles. The van der Waals surface area contributed by atoms with Gasteiger partial charge in [0, 0.05) is 41.0 Å². The van der Waals surface area contributed by atoms with Gasteiger partial charge in [-0.3, -0.25) is 0 Å². The Morgan fingerprint density at radius 2 is 1.41 bits per heavy atom. The molecular weight excluding hydrogens is 574 g/mol. The van der Waals surface area contributed by atoms with Crippen LogP contribution in [-0.4, -0.2) is 25.3 Å². The fourth-order valence-electron chi connectivity index (χ4n) is 6.62. The summed E-state index contributed by atoms with van der Waals surface area (Å²) in [6.07, 6.45) is -1.75. The maximum Gasteiger partial charge on any atom is 0.416 e. The van der Waals surface area contributed by atoms with E-state index in [0.29, 0.717) is 23.9 Å². The number of hydrogen-bond acceptors (Lipinski definition) is 2. The van der Waals surface area contributed by atoms with Gasteiger partial charge < -0.3 is 9.80 Å². The zero-order chi connectivity index (χ0) is 32.8. The minimum Gasteiger partial charge on any atom is -0.364 e. The van der Waals surface area contributed by atoms with Crippen LogP contribution in [0.1, 0.15) is 90.5 Å². The van der Waals surface area contributed by atoms with E-state index in [1.807, 2.05) is 32.1 Å². The van der Waals surface area contributed by atoms with Crippen LogP contribution in [0.3, 0.4) is 0 Å². The molecule has 0 aromatic heterocycles. The third-order valence-corrected chi connectivity index (χ3v) is 9.19. The molecule has 0 bridgehead atoms. The highest BCUT2D eigenvalue weighted by Gasteiger charge is 2.45. The van der Waals surface area contributed by atoms with Crippen LogP contribution in [0.15, 0.2) is 60.3 Å². The first-order chi connectivity index (χ1) is 20.2. The van der Waals surface area contributed by atoms with Gasteiger partial charge in [0.05, 0.1) is 18.0 Å². The van der Waals surface area contributed by atoms with E-state index < -0.39 is 35.2 Å². The van der Waals surface area contributed by atoms with Crippen molar-refractivity contribution in [2.24, 2.45) is 11.8 Å². The Kier molecular flexibility index (Phi) is 9.37. The Morgan fingerprint density at radius 1 is 0.795 bits per heavy atom. The van der Waals surface area contributed by atoms with Crippen molar-refractivity contribution < 1.29 is 26.3 Å². The van der Waals surface area contributed by atoms with Gasteiger partial charge in [0.15, 0.2) is 0 Å². The largest absolute Gasteiger partial charge is 0.416 e. The molecule has 2 aromatic carbocycles. The number of halogens is 6. The predicted octanol–water partition coefficient (Wildman–Crippen LogP) is 10.6. The Bertz CT molecular complexity index is 1390. The van der Waals surface area contributed by atoms with Crippen LogP contribution in [-0.2, 0) is 23.4 Å². The highest BCUT2D eigenvalue weighted by atomic mass is 19.4. The number of hydrogen-bond donors (Lipinski definition) is 0. The Labute approximate surface area is 258 Å². The normalized spacial score (nSPS) is 20.5. The predicted molar refractivity (Wildman–Crippen MR) is 168 cm³/mol. The first kappa shape index (κ1) is 34.0. The van der Waals surface area contributed by atoms with E-state index in [0.717, 1.165) is 48.1 Å². The minimum atomic E-state index is -4.43. The summed E-state index contributed by atoms with van der Waals surface area (Å²) in [5.41, 5.74) is 2.72. The summed E-state index contributed by atoms with van der Waals surface area (Å²) < 4.78 is 80.8. The molecule has 2 aromatic rings. The van der Waals surface area contributed by atoms with E-state index in [9.17, 15) is 26.3 Å². The van der Waals surface area contributed by atoms with Crippen molar-refractivity contribution in [3.05, 3.63) is 82.6 Å². The van der Waals surface area contributed by atoms with Crippen molar-refractivity contribution in [1.82, 2.24) is 0 Å². The van der Waals surface area contributed by atoms with E-state index in [1.165, 1.54) is 6.07 Å². The standard InChI is InChI=1S/C36H46F6N2/c1-23(2)16-18-43-29-14-12-25(22-35(37,38)39)20-27(29)33(5,6)31(43)10-9-11-32-34(7,8)28-21-26(36(40,41)42)13-15-30(28)44(32)19-17-24(3)4/h9-15,20-21,23-24,31H,16-19,22H2,1-8H3/b10-9+,32-11+. The number of alkyl halides is 6. The molecule has 2 heterocycles. The Balaban J connectivity index is 1.74. The molecule has 8 heteroatoms. The van der Waals surface area contributed by atoms with E-state index in [4.69, 9.17) is 0 Å². The molecule has 44 heavy (non-hydrogen) atoms. The third-order valence-electron chi connectivity index (χ3n) is 9.19. The van der Waals surface area contributed by atoms with Gasteiger partial charge in [-0.25, -0.2) is 0 Å². The number of nitrogens with zero attached hydrogens (tertiary/aromatic N) is 2. The maximum absolute atomic E-state index is 13.7. The molecule has 0 spiro atoms. The van der Waals surface area contributed by atoms with Gasteiger partial charge in [-0.05, 0) is 71.7 Å². The second-order valence-corrected chi connectivity index (χ2v) is 14.3. The number of anilines is 2. The summed E-state index contributed by atoms with van der Waals surface area (Å²) in [4.78, 5) is 4.44. The maximum atomic E-state index is 13.7. The summed E-state index contributed by atoms with van der Waals surface area (Å²) >= 11 is 0. The second kappa shape index (κ2) is 12.1. The molecule has 0 fully saturated rings. The lowest BCUT2D eigenvalue weighted by Crippen LogP contribution is -2.40. The molecule has 2 aliphatic rings. The Morgan fingerprint density at radius 3 is 2.00 bits per heavy atom. The van der Waals surface area contributed by atoms with Crippen LogP contribution in [0.25, 0.3) is 0 Å². The van der Waals surface area contributed by atoms with Gasteiger partial charge in [0.25, 0.3) is 0 Å². The van der Waals surface area contributed by atoms with Gasteiger partial charge in [0.2, 0.25) is 0 Å². The van der Waals surface area contributed by atoms with Crippen molar-refractivity contribution in [2.45, 2.75) is 104 Å². The Hall–Kier alpha value is -2.90. The first-order valence-electron chi connectivity index (χ1n) is 15.6. The zero-order valence-corrected chi connectivity index (χ0v) is 27.1. The van der Waals surface area contributed by atoms with Crippen LogP contribution in [0.2, 0.25) is 0 Å². The molecule has 0 radical (unpaired) electrons. The van der Waals surface area contributed by atoms with E-state index in [2.05, 4.69) is 57.4 Å². The summed E-state index contributed by atoms with van der Waals surface area (Å²) in [6, 6.07) is 9.04. The van der Waals surface area contributed by atoms with E-state index in [-0.39, 0.29) is 11.6 Å². The third kappa shape index (κ3) is 6.99. The lowest BCUT2D eigenvalue weighted by Gasteiger charge is -2.33. The number of allylic oxidation sites excluding steroid dienone is 3. The number of benzene rings is 2. The SMILES string of the molecule is CC(C)CCN1/C(=C/C=C/C2N(CCC(C)C)c3ccc(CC(F)(F)F)cc3C2(C)C)C(C)(C)c2cc(C(F)(F)F)ccc21. The summed E-state index contributed by atoms with van der Waals surface area (Å²) in [5, 5.41) is 0. The molecule has 0 amide bonds. The van der Waals surface area contributed by atoms with Crippen LogP contribution in [0.5, 0.6) is 0 Å². The molecule has 0 saturated heterocycles. The number of fused-ring (bicyclic) bond motifs is 2. The highest BCUT2D eigenvalue weighted by molar-refractivity contribution is 5.72. The van der Waals surface area contributed by atoms with E-state index >= 15 is 0 Å². The van der Waals surface area contributed by atoms with Crippen LogP contribution in [0, 0.1) is 11.8 Å². The van der Waals surface area contributed by atoms with Crippen LogP contribution < -0.4 is 9.80 Å². The van der Waals surface area contributed by atoms with Crippen molar-refractivity contribution in [3.63, 3.8) is 0 Å². The molecule has 0 aliphatic carbocycles. The minimum absolute atomic E-state index is 0.109. The molecule has 1 unspecified atom stereocenters. The summed E-state index contributed by atoms with van der Waals surface area (Å²) in [5.74, 6) is 0.871. The quantitative estimate of drug-likeness (QED) is 0.257. The first-order valence-corrected chi connectivity index (χ1v) is 15.6. The average Bonchev–Trinajstić information content (AvgIpc) is 3.23. The fourth-order valence-corrected chi connectivity index (χ4v) is 6.62. The number of rotatable bonds is 9. The van der Waals surface area contributed by atoms with Crippen LogP contribution in [0.4, 0.5) is 37.7 Å². The monoisotopic (exact) mass is 620 g/mol. The average molecular weight is 621 g/mol. The fraction of sp³-hybridized carbons (Fsp3) is 0.556. The van der Waals surface area contributed by atoms with Crippen LogP contribution >= 0.6 is 0 Å². The van der Waals surface area contributed by atoms with Gasteiger partial charge in [-0.1, -0.05) is 79.7 Å². The van der Waals surface area contributed by atoms with Crippen molar-refractivity contribution in [1.29, 1.82) is 0 Å². The van der Waals surface area contributed by atoms with E-state index in [1.54, 1.807) is 18.2 Å². The summed E-state index contributed by atoms with van der Waals surface area (Å²) in [7, 11) is 0. The van der Waals surface area contributed by atoms with Gasteiger partial charge in [-0.15, -0.1) is 0 Å². The molecule has 2 aliphatic heterocycles. The van der Waals surface area contributed by atoms with Crippen molar-refractivity contribution >= 4 is 11.4 Å². The lowest BCUT2D eigenvalue weighted by molar-refractivity contribution is -0.137. The molecule has 4 rings (SSSR count). The molecular formula is C36H46F6N2. The molecule has 0 N–H and O–H groups in total.